The van der Waals surface area contributed by atoms with Gasteiger partial charge in [-0.15, -0.1) is 0 Å². The van der Waals surface area contributed by atoms with E-state index >= 15 is 0 Å². The zero-order chi connectivity index (χ0) is 13.8. The Labute approximate surface area is 116 Å². The number of amides is 1. The monoisotopic (exact) mass is 269 g/mol. The van der Waals surface area contributed by atoms with Gasteiger partial charge in [-0.3, -0.25) is 9.78 Å². The molecule has 1 atom stereocenters. The summed E-state index contributed by atoms with van der Waals surface area (Å²) in [5, 5.41) is 6.03. The fourth-order valence-corrected chi connectivity index (χ4v) is 2.19. The van der Waals surface area contributed by atoms with Crippen LogP contribution in [0.25, 0.3) is 0 Å². The number of aromatic nitrogens is 3. The molecule has 0 radical (unpaired) electrons. The second kappa shape index (κ2) is 5.75. The summed E-state index contributed by atoms with van der Waals surface area (Å²) in [6, 6.07) is 5.58. The van der Waals surface area contributed by atoms with Crippen molar-refractivity contribution in [2.45, 2.75) is 18.9 Å². The van der Waals surface area contributed by atoms with Crippen molar-refractivity contribution in [3.63, 3.8) is 0 Å². The number of pyridine rings is 1. The number of carbonyl (C=O) groups excluding carboxylic acids is 1. The molecule has 0 aliphatic carbocycles. The Kier molecular flexibility index (Phi) is 3.64. The predicted octanol–water partition coefficient (Wildman–Crippen LogP) is 1.55. The first kappa shape index (κ1) is 12.7. The van der Waals surface area contributed by atoms with Gasteiger partial charge in [-0.05, 0) is 31.5 Å². The summed E-state index contributed by atoms with van der Waals surface area (Å²) in [4.78, 5) is 24.5. The molecule has 1 amide bonds. The molecule has 1 unspecified atom stereocenters. The zero-order valence-electron chi connectivity index (χ0n) is 10.9. The van der Waals surface area contributed by atoms with E-state index in [0.29, 0.717) is 5.82 Å². The van der Waals surface area contributed by atoms with E-state index in [1.807, 2.05) is 6.07 Å². The van der Waals surface area contributed by atoms with E-state index in [1.165, 1.54) is 6.20 Å². The first-order valence-corrected chi connectivity index (χ1v) is 6.60. The van der Waals surface area contributed by atoms with Crippen LogP contribution in [0.1, 0.15) is 35.1 Å². The van der Waals surface area contributed by atoms with Crippen LogP contribution >= 0.6 is 0 Å². The van der Waals surface area contributed by atoms with Crippen molar-refractivity contribution in [3.8, 4) is 0 Å². The highest BCUT2D eigenvalue weighted by Gasteiger charge is 2.18. The molecule has 20 heavy (non-hydrogen) atoms. The number of carbonyl (C=O) groups is 1. The maximum Gasteiger partial charge on any atom is 0.277 e. The Hall–Kier alpha value is -2.34. The molecule has 3 heterocycles. The Morgan fingerprint density at radius 3 is 2.85 bits per heavy atom. The maximum atomic E-state index is 12.0. The van der Waals surface area contributed by atoms with Gasteiger partial charge in [0.2, 0.25) is 0 Å². The van der Waals surface area contributed by atoms with Gasteiger partial charge in [0.25, 0.3) is 5.91 Å². The van der Waals surface area contributed by atoms with Crippen molar-refractivity contribution in [1.82, 2.24) is 20.3 Å². The van der Waals surface area contributed by atoms with Crippen molar-refractivity contribution in [2.75, 3.05) is 11.9 Å². The molecular weight excluding hydrogens is 254 g/mol. The Bertz CT molecular complexity index is 578. The van der Waals surface area contributed by atoms with Crippen molar-refractivity contribution >= 4 is 11.7 Å². The van der Waals surface area contributed by atoms with Crippen LogP contribution in [0.15, 0.2) is 36.8 Å². The van der Waals surface area contributed by atoms with Crippen molar-refractivity contribution in [2.24, 2.45) is 0 Å². The number of anilines is 1. The van der Waals surface area contributed by atoms with Crippen LogP contribution in [0, 0.1) is 0 Å². The first-order chi connectivity index (χ1) is 9.83. The van der Waals surface area contributed by atoms with Gasteiger partial charge in [0.15, 0.2) is 0 Å². The summed E-state index contributed by atoms with van der Waals surface area (Å²) in [7, 11) is 0. The van der Waals surface area contributed by atoms with E-state index < -0.39 is 0 Å². The molecule has 0 bridgehead atoms. The van der Waals surface area contributed by atoms with E-state index in [-0.39, 0.29) is 17.6 Å². The van der Waals surface area contributed by atoms with Gasteiger partial charge in [0, 0.05) is 6.20 Å². The molecule has 1 aliphatic rings. The molecule has 1 fully saturated rings. The smallest absolute Gasteiger partial charge is 0.277 e. The quantitative estimate of drug-likeness (QED) is 0.883. The summed E-state index contributed by atoms with van der Waals surface area (Å²) in [5.74, 6) is 0.197. The molecule has 0 spiro atoms. The van der Waals surface area contributed by atoms with Gasteiger partial charge in [-0.25, -0.2) is 9.97 Å². The largest absolute Gasteiger partial charge is 0.309 e. The van der Waals surface area contributed by atoms with Gasteiger partial charge >= 0.3 is 0 Å². The average Bonchev–Trinajstić information content (AvgIpc) is 3.03. The zero-order valence-corrected chi connectivity index (χ0v) is 10.9. The van der Waals surface area contributed by atoms with E-state index in [4.69, 9.17) is 0 Å². The summed E-state index contributed by atoms with van der Waals surface area (Å²) in [5.41, 5.74) is 1.18. The third-order valence-electron chi connectivity index (χ3n) is 3.23. The lowest BCUT2D eigenvalue weighted by atomic mass is 10.2. The molecule has 6 nitrogen and oxygen atoms in total. The summed E-state index contributed by atoms with van der Waals surface area (Å²) >= 11 is 0. The minimum atomic E-state index is -0.304. The lowest BCUT2D eigenvalue weighted by molar-refractivity contribution is 0.102. The average molecular weight is 269 g/mol. The molecule has 102 valence electrons. The van der Waals surface area contributed by atoms with Gasteiger partial charge in [-0.2, -0.15) is 0 Å². The van der Waals surface area contributed by atoms with Gasteiger partial charge in [0.05, 0.1) is 24.1 Å². The van der Waals surface area contributed by atoms with Gasteiger partial charge < -0.3 is 10.6 Å². The highest BCUT2D eigenvalue weighted by Crippen LogP contribution is 2.20. The molecule has 0 saturated carbocycles. The lowest BCUT2D eigenvalue weighted by Gasteiger charge is -2.09. The number of hydrogen-bond acceptors (Lipinski definition) is 5. The molecular formula is C14H15N5O. The van der Waals surface area contributed by atoms with Crippen LogP contribution in [0.2, 0.25) is 0 Å². The summed E-state index contributed by atoms with van der Waals surface area (Å²) in [6.07, 6.45) is 7.00. The second-order valence-corrected chi connectivity index (χ2v) is 4.64. The fraction of sp³-hybridized carbons (Fsp3) is 0.286. The summed E-state index contributed by atoms with van der Waals surface area (Å²) in [6.45, 7) is 1.01. The SMILES string of the molecule is O=C(Nc1ccccn1)c1cnc(C2CCCN2)cn1. The maximum absolute atomic E-state index is 12.0. The molecule has 3 rings (SSSR count). The topological polar surface area (TPSA) is 79.8 Å². The van der Waals surface area contributed by atoms with Crippen LogP contribution in [-0.4, -0.2) is 27.4 Å². The summed E-state index contributed by atoms with van der Waals surface area (Å²) < 4.78 is 0. The van der Waals surface area contributed by atoms with Crippen LogP contribution in [0.5, 0.6) is 0 Å². The van der Waals surface area contributed by atoms with E-state index in [1.54, 1.807) is 24.5 Å². The highest BCUT2D eigenvalue weighted by atomic mass is 16.1. The Balaban J connectivity index is 1.69. The van der Waals surface area contributed by atoms with Gasteiger partial charge in [0.1, 0.15) is 11.5 Å². The highest BCUT2D eigenvalue weighted by molar-refractivity contribution is 6.02. The van der Waals surface area contributed by atoms with E-state index in [2.05, 4.69) is 25.6 Å². The molecule has 1 aliphatic heterocycles. The van der Waals surface area contributed by atoms with Crippen LogP contribution in [-0.2, 0) is 0 Å². The molecule has 1 saturated heterocycles. The minimum absolute atomic E-state index is 0.260. The second-order valence-electron chi connectivity index (χ2n) is 4.64. The predicted molar refractivity (Wildman–Crippen MR) is 74.2 cm³/mol. The van der Waals surface area contributed by atoms with E-state index in [9.17, 15) is 4.79 Å². The first-order valence-electron chi connectivity index (χ1n) is 6.60. The third kappa shape index (κ3) is 2.80. The minimum Gasteiger partial charge on any atom is -0.309 e. The van der Waals surface area contributed by atoms with Crippen molar-refractivity contribution in [3.05, 3.63) is 48.2 Å². The van der Waals surface area contributed by atoms with Gasteiger partial charge in [-0.1, -0.05) is 6.07 Å². The number of rotatable bonds is 3. The fourth-order valence-electron chi connectivity index (χ4n) is 2.19. The van der Waals surface area contributed by atoms with Crippen LogP contribution < -0.4 is 10.6 Å². The number of hydrogen-bond donors (Lipinski definition) is 2. The third-order valence-corrected chi connectivity index (χ3v) is 3.23. The number of nitrogens with one attached hydrogen (secondary N) is 2. The Morgan fingerprint density at radius 2 is 2.20 bits per heavy atom. The van der Waals surface area contributed by atoms with Crippen molar-refractivity contribution < 1.29 is 4.79 Å². The molecule has 2 aromatic rings. The Morgan fingerprint density at radius 1 is 1.25 bits per heavy atom. The lowest BCUT2D eigenvalue weighted by Crippen LogP contribution is -2.18. The standard InChI is InChI=1S/C14H15N5O/c20-14(19-13-5-1-2-6-16-13)12-9-17-11(8-18-12)10-4-3-7-15-10/h1-2,5-6,8-10,15H,3-4,7H2,(H,16,19,20). The van der Waals surface area contributed by atoms with Crippen LogP contribution in [0.4, 0.5) is 5.82 Å². The molecule has 2 N–H and O–H groups in total. The number of nitrogens with zero attached hydrogens (tertiary/aromatic N) is 3. The van der Waals surface area contributed by atoms with Crippen LogP contribution in [0.3, 0.4) is 0 Å². The van der Waals surface area contributed by atoms with Crippen molar-refractivity contribution in [1.29, 1.82) is 0 Å². The molecule has 6 heteroatoms. The normalized spacial score (nSPS) is 17.9. The molecule has 0 aromatic carbocycles. The molecule has 2 aromatic heterocycles. The van der Waals surface area contributed by atoms with E-state index in [0.717, 1.165) is 25.1 Å².